The number of esters is 1. The molecular weight excluding hydrogens is 532 g/mol. The van der Waals surface area contributed by atoms with Crippen LogP contribution in [-0.2, 0) is 9.53 Å². The first-order chi connectivity index (χ1) is 19.1. The van der Waals surface area contributed by atoms with E-state index in [-0.39, 0.29) is 19.0 Å². The van der Waals surface area contributed by atoms with Gasteiger partial charge in [-0.25, -0.2) is 9.79 Å². The highest BCUT2D eigenvalue weighted by atomic mass is 32.2. The maximum atomic E-state index is 14.0. The van der Waals surface area contributed by atoms with E-state index in [1.165, 1.54) is 11.3 Å². The summed E-state index contributed by atoms with van der Waals surface area (Å²) in [6, 6.07) is 22.3. The molecule has 0 fully saturated rings. The van der Waals surface area contributed by atoms with E-state index in [4.69, 9.17) is 19.2 Å². The standard InChI is InChI=1S/C30H24N2O5S2/c1-3-35-29(34)25-26(19-7-5-4-6-8-19)31-30-32(27(25)20-10-12-21(38-2)13-11-20)28(33)24(39-30)16-18-9-14-22-23(15-18)37-17-36-22/h4-16,27H,3,17H2,1-2H3/b24-16-/t27-/m1/s1. The van der Waals surface area contributed by atoms with E-state index >= 15 is 0 Å². The summed E-state index contributed by atoms with van der Waals surface area (Å²) in [4.78, 5) is 34.0. The minimum Gasteiger partial charge on any atom is -0.463 e. The van der Waals surface area contributed by atoms with Gasteiger partial charge >= 0.3 is 5.97 Å². The van der Waals surface area contributed by atoms with Gasteiger partial charge in [0.25, 0.3) is 5.56 Å². The van der Waals surface area contributed by atoms with Crippen LogP contribution in [-0.4, -0.2) is 30.2 Å². The summed E-state index contributed by atoms with van der Waals surface area (Å²) in [5, 5.41) is 0. The second kappa shape index (κ2) is 10.6. The van der Waals surface area contributed by atoms with Crippen LogP contribution in [0.2, 0.25) is 0 Å². The molecule has 7 nitrogen and oxygen atoms in total. The van der Waals surface area contributed by atoms with Crippen molar-refractivity contribution >= 4 is 40.8 Å². The lowest BCUT2D eigenvalue weighted by Gasteiger charge is -2.26. The summed E-state index contributed by atoms with van der Waals surface area (Å²) >= 11 is 2.91. The fourth-order valence-corrected chi connectivity index (χ4v) is 6.11. The third-order valence-corrected chi connectivity index (χ3v) is 8.23. The maximum Gasteiger partial charge on any atom is 0.338 e. The van der Waals surface area contributed by atoms with Gasteiger partial charge in [-0.05, 0) is 54.6 Å². The largest absolute Gasteiger partial charge is 0.463 e. The van der Waals surface area contributed by atoms with E-state index in [0.717, 1.165) is 21.6 Å². The number of thiazole rings is 1. The molecule has 0 spiro atoms. The number of hydrogen-bond acceptors (Lipinski definition) is 8. The Morgan fingerprint density at radius 3 is 2.62 bits per heavy atom. The lowest BCUT2D eigenvalue weighted by Crippen LogP contribution is -2.40. The molecule has 0 unspecified atom stereocenters. The third kappa shape index (κ3) is 4.68. The Balaban J connectivity index is 1.61. The van der Waals surface area contributed by atoms with E-state index in [1.54, 1.807) is 23.3 Å². The van der Waals surface area contributed by atoms with Crippen LogP contribution >= 0.6 is 23.1 Å². The molecule has 2 aliphatic rings. The van der Waals surface area contributed by atoms with Crippen molar-refractivity contribution in [2.24, 2.45) is 4.99 Å². The molecule has 3 aromatic carbocycles. The van der Waals surface area contributed by atoms with Crippen LogP contribution in [0.15, 0.2) is 93.1 Å². The zero-order valence-electron chi connectivity index (χ0n) is 21.2. The van der Waals surface area contributed by atoms with E-state index in [9.17, 15) is 9.59 Å². The smallest absolute Gasteiger partial charge is 0.338 e. The molecule has 0 bridgehead atoms. The second-order valence-electron chi connectivity index (χ2n) is 8.82. The van der Waals surface area contributed by atoms with Crippen LogP contribution < -0.4 is 24.4 Å². The average molecular weight is 557 g/mol. The van der Waals surface area contributed by atoms with Crippen LogP contribution in [0.5, 0.6) is 11.5 Å². The van der Waals surface area contributed by atoms with Crippen LogP contribution in [0, 0.1) is 0 Å². The second-order valence-corrected chi connectivity index (χ2v) is 10.7. The first-order valence-electron chi connectivity index (χ1n) is 12.4. The molecule has 1 aromatic heterocycles. The Kier molecular flexibility index (Phi) is 6.85. The lowest BCUT2D eigenvalue weighted by molar-refractivity contribution is -0.138. The van der Waals surface area contributed by atoms with Crippen molar-refractivity contribution in [3.05, 3.63) is 115 Å². The Labute approximate surface area is 232 Å². The van der Waals surface area contributed by atoms with Gasteiger partial charge in [0.2, 0.25) is 6.79 Å². The normalized spacial score (nSPS) is 16.2. The summed E-state index contributed by atoms with van der Waals surface area (Å²) in [7, 11) is 0. The predicted octanol–water partition coefficient (Wildman–Crippen LogP) is 4.39. The summed E-state index contributed by atoms with van der Waals surface area (Å²) in [6.07, 6.45) is 3.82. The summed E-state index contributed by atoms with van der Waals surface area (Å²) in [5.41, 5.74) is 2.99. The number of benzene rings is 3. The number of thioether (sulfide) groups is 1. The van der Waals surface area contributed by atoms with E-state index in [1.807, 2.05) is 85.1 Å². The van der Waals surface area contributed by atoms with Crippen molar-refractivity contribution in [1.29, 1.82) is 0 Å². The first kappa shape index (κ1) is 25.2. The predicted molar refractivity (Wildman–Crippen MR) is 152 cm³/mol. The highest BCUT2D eigenvalue weighted by Crippen LogP contribution is 2.36. The Morgan fingerprint density at radius 1 is 1.10 bits per heavy atom. The summed E-state index contributed by atoms with van der Waals surface area (Å²) in [6.45, 7) is 2.15. The van der Waals surface area contributed by atoms with Crippen LogP contribution in [0.4, 0.5) is 0 Å². The number of ether oxygens (including phenoxy) is 3. The fourth-order valence-electron chi connectivity index (χ4n) is 4.70. The van der Waals surface area contributed by atoms with Crippen molar-refractivity contribution in [1.82, 2.24) is 4.57 Å². The highest BCUT2D eigenvalue weighted by Gasteiger charge is 2.35. The molecule has 0 aliphatic carbocycles. The maximum absolute atomic E-state index is 14.0. The minimum atomic E-state index is -0.703. The van der Waals surface area contributed by atoms with E-state index in [0.29, 0.717) is 32.1 Å². The van der Waals surface area contributed by atoms with E-state index in [2.05, 4.69) is 0 Å². The van der Waals surface area contributed by atoms with E-state index < -0.39 is 12.0 Å². The zero-order chi connectivity index (χ0) is 26.9. The van der Waals surface area contributed by atoms with Crippen molar-refractivity contribution in [2.45, 2.75) is 17.9 Å². The number of rotatable bonds is 6. The number of nitrogens with zero attached hydrogens (tertiary/aromatic N) is 2. The van der Waals surface area contributed by atoms with Gasteiger partial charge in [0, 0.05) is 10.5 Å². The molecule has 0 saturated carbocycles. The summed E-state index contributed by atoms with van der Waals surface area (Å²) < 4.78 is 18.6. The molecule has 0 radical (unpaired) electrons. The third-order valence-electron chi connectivity index (χ3n) is 6.50. The number of hydrogen-bond donors (Lipinski definition) is 0. The molecule has 196 valence electrons. The van der Waals surface area contributed by atoms with Crippen molar-refractivity contribution in [3.63, 3.8) is 0 Å². The highest BCUT2D eigenvalue weighted by molar-refractivity contribution is 7.98. The number of aromatic nitrogens is 1. The van der Waals surface area contributed by atoms with Gasteiger partial charge in [-0.3, -0.25) is 9.36 Å². The first-order valence-corrected chi connectivity index (χ1v) is 14.4. The Bertz CT molecular complexity index is 1770. The molecule has 0 N–H and O–H groups in total. The topological polar surface area (TPSA) is 79.1 Å². The quantitative estimate of drug-likeness (QED) is 0.259. The molecule has 39 heavy (non-hydrogen) atoms. The number of carbonyl (C=O) groups excluding carboxylic acids is 1. The fraction of sp³-hybridized carbons (Fsp3) is 0.167. The van der Waals surface area contributed by atoms with Gasteiger partial charge in [0.05, 0.1) is 28.5 Å². The molecule has 6 rings (SSSR count). The number of fused-ring (bicyclic) bond motifs is 2. The minimum absolute atomic E-state index is 0.176. The molecular formula is C30H24N2O5S2. The molecule has 2 aliphatic heterocycles. The van der Waals surface area contributed by atoms with Gasteiger partial charge < -0.3 is 14.2 Å². The van der Waals surface area contributed by atoms with Crippen molar-refractivity contribution in [2.75, 3.05) is 19.7 Å². The van der Waals surface area contributed by atoms with Gasteiger partial charge in [0.15, 0.2) is 16.3 Å². The lowest BCUT2D eigenvalue weighted by atomic mass is 9.93. The van der Waals surface area contributed by atoms with Gasteiger partial charge in [-0.15, -0.1) is 11.8 Å². The van der Waals surface area contributed by atoms with Crippen molar-refractivity contribution < 1.29 is 19.0 Å². The van der Waals surface area contributed by atoms with Crippen LogP contribution in [0.1, 0.15) is 29.7 Å². The molecule has 0 saturated heterocycles. The Morgan fingerprint density at radius 2 is 1.87 bits per heavy atom. The molecule has 0 amide bonds. The Hall–Kier alpha value is -4.08. The van der Waals surface area contributed by atoms with Gasteiger partial charge in [-0.2, -0.15) is 0 Å². The monoisotopic (exact) mass is 556 g/mol. The van der Waals surface area contributed by atoms with Crippen molar-refractivity contribution in [3.8, 4) is 11.5 Å². The van der Waals surface area contributed by atoms with Gasteiger partial charge in [-0.1, -0.05) is 59.9 Å². The van der Waals surface area contributed by atoms with Crippen LogP contribution in [0.3, 0.4) is 0 Å². The molecule has 3 heterocycles. The molecule has 1 atom stereocenters. The summed E-state index contributed by atoms with van der Waals surface area (Å²) in [5.74, 6) is 0.817. The van der Waals surface area contributed by atoms with Crippen LogP contribution in [0.25, 0.3) is 11.8 Å². The number of carbonyl (C=O) groups is 1. The van der Waals surface area contributed by atoms with Gasteiger partial charge in [0.1, 0.15) is 0 Å². The zero-order valence-corrected chi connectivity index (χ0v) is 22.9. The SMILES string of the molecule is CCOC(=O)C1=C(c2ccccc2)N=c2s/c(=C\c3ccc4c(c3)OCO4)c(=O)n2[C@@H]1c1ccc(SC)cc1. The molecule has 9 heteroatoms. The average Bonchev–Trinajstić information content (AvgIpc) is 3.56. The molecule has 4 aromatic rings.